The third kappa shape index (κ3) is 4.46. The number of hydrogen-bond acceptors (Lipinski definition) is 4. The lowest BCUT2D eigenvalue weighted by molar-refractivity contribution is -0.153. The number of nitrogens with two attached hydrogens (primary N) is 1. The minimum absolute atomic E-state index is 0.0496. The Kier molecular flexibility index (Phi) is 6.15. The number of primary amides is 1. The molecule has 1 amide bonds. The second kappa shape index (κ2) is 8.86. The highest BCUT2D eigenvalue weighted by molar-refractivity contribution is 6.03. The first-order valence-electron chi connectivity index (χ1n) is 10.5. The number of alkyl halides is 3. The summed E-state index contributed by atoms with van der Waals surface area (Å²) < 4.78 is 49.2. The lowest BCUT2D eigenvalue weighted by Gasteiger charge is -2.27. The molecule has 8 heteroatoms. The molecule has 0 spiro atoms. The summed E-state index contributed by atoms with van der Waals surface area (Å²) in [7, 11) is 0. The summed E-state index contributed by atoms with van der Waals surface area (Å²) in [6.07, 6.45) is -1.23. The van der Waals surface area contributed by atoms with Crippen LogP contribution in [0.5, 0.6) is 5.75 Å². The van der Waals surface area contributed by atoms with Crippen LogP contribution >= 0.6 is 0 Å². The molecule has 1 aromatic heterocycles. The lowest BCUT2D eigenvalue weighted by Crippen LogP contribution is -2.19. The van der Waals surface area contributed by atoms with Gasteiger partial charge in [0, 0.05) is 28.7 Å². The Bertz CT molecular complexity index is 1110. The number of carbonyl (C=O) groups is 1. The molecule has 0 aliphatic heterocycles. The van der Waals surface area contributed by atoms with Crippen LogP contribution in [0.1, 0.15) is 47.7 Å². The minimum atomic E-state index is -4.47. The van der Waals surface area contributed by atoms with E-state index < -0.39 is 18.7 Å². The quantitative estimate of drug-likeness (QED) is 0.529. The van der Waals surface area contributed by atoms with Crippen LogP contribution in [0.4, 0.5) is 13.2 Å². The molecule has 170 valence electrons. The molecule has 1 aliphatic rings. The fourth-order valence-corrected chi connectivity index (χ4v) is 4.55. The smallest absolute Gasteiger partial charge is 0.422 e. The van der Waals surface area contributed by atoms with Gasteiger partial charge in [-0.1, -0.05) is 36.4 Å². The van der Waals surface area contributed by atoms with Crippen molar-refractivity contribution in [2.45, 2.75) is 37.8 Å². The molecule has 0 atom stereocenters. The highest BCUT2D eigenvalue weighted by atomic mass is 19.4. The van der Waals surface area contributed by atoms with E-state index in [0.29, 0.717) is 16.7 Å². The first kappa shape index (κ1) is 22.2. The van der Waals surface area contributed by atoms with E-state index in [2.05, 4.69) is 0 Å². The van der Waals surface area contributed by atoms with Gasteiger partial charge in [-0.25, -0.2) is 0 Å². The highest BCUT2D eigenvalue weighted by Gasteiger charge is 2.31. The Balaban J connectivity index is 1.80. The number of aliphatic hydroxyl groups is 1. The van der Waals surface area contributed by atoms with E-state index in [-0.39, 0.29) is 30.0 Å². The largest absolute Gasteiger partial charge is 0.483 e. The van der Waals surface area contributed by atoms with Crippen molar-refractivity contribution in [3.63, 3.8) is 0 Å². The number of hydrogen-bond donors (Lipinski definition) is 2. The summed E-state index contributed by atoms with van der Waals surface area (Å²) in [5.41, 5.74) is 7.72. The molecule has 3 aromatic rings. The summed E-state index contributed by atoms with van der Waals surface area (Å²) in [6.45, 7) is -1.27. The monoisotopic (exact) mass is 447 g/mol. The van der Waals surface area contributed by atoms with Crippen LogP contribution in [0, 0.1) is 5.92 Å². The van der Waals surface area contributed by atoms with Gasteiger partial charge in [-0.2, -0.15) is 13.2 Å². The molecule has 0 radical (unpaired) electrons. The first-order chi connectivity index (χ1) is 15.3. The van der Waals surface area contributed by atoms with Crippen LogP contribution in [0.3, 0.4) is 0 Å². The van der Waals surface area contributed by atoms with Crippen molar-refractivity contribution in [1.82, 2.24) is 0 Å². The van der Waals surface area contributed by atoms with Crippen LogP contribution in [0.25, 0.3) is 22.1 Å². The van der Waals surface area contributed by atoms with Gasteiger partial charge in [0.2, 0.25) is 0 Å². The second-order valence-corrected chi connectivity index (χ2v) is 8.19. The van der Waals surface area contributed by atoms with Gasteiger partial charge < -0.3 is 20.0 Å². The molecule has 0 bridgehead atoms. The third-order valence-electron chi connectivity index (χ3n) is 6.06. The molecule has 0 unspecified atom stereocenters. The van der Waals surface area contributed by atoms with Gasteiger partial charge in [-0.05, 0) is 43.6 Å². The molecule has 1 heterocycles. The molecule has 0 saturated heterocycles. The zero-order valence-electron chi connectivity index (χ0n) is 17.3. The first-order valence-corrected chi connectivity index (χ1v) is 10.5. The summed E-state index contributed by atoms with van der Waals surface area (Å²) in [6, 6.07) is 11.7. The number of amides is 1. The molecule has 1 saturated carbocycles. The fourth-order valence-electron chi connectivity index (χ4n) is 4.55. The normalized spacial score (nSPS) is 19.2. The maximum absolute atomic E-state index is 12.7. The van der Waals surface area contributed by atoms with Crippen molar-refractivity contribution in [2.24, 2.45) is 11.7 Å². The van der Waals surface area contributed by atoms with Gasteiger partial charge in [0.05, 0.1) is 0 Å². The predicted molar refractivity (Wildman–Crippen MR) is 114 cm³/mol. The molecular formula is C24H24F3NO4. The number of para-hydroxylation sites is 2. The highest BCUT2D eigenvalue weighted by Crippen LogP contribution is 2.44. The van der Waals surface area contributed by atoms with E-state index in [1.165, 1.54) is 6.07 Å². The molecule has 4 rings (SSSR count). The molecule has 32 heavy (non-hydrogen) atoms. The zero-order valence-corrected chi connectivity index (χ0v) is 17.3. The maximum Gasteiger partial charge on any atom is 0.422 e. The Morgan fingerprint density at radius 2 is 1.75 bits per heavy atom. The summed E-state index contributed by atoms with van der Waals surface area (Å²) >= 11 is 0. The Morgan fingerprint density at radius 3 is 2.41 bits per heavy atom. The number of ether oxygens (including phenoxy) is 1. The second-order valence-electron chi connectivity index (χ2n) is 8.19. The molecule has 2 aromatic carbocycles. The van der Waals surface area contributed by atoms with Crippen molar-refractivity contribution in [3.05, 3.63) is 53.8 Å². The summed E-state index contributed by atoms with van der Waals surface area (Å²) in [5.74, 6) is -0.246. The van der Waals surface area contributed by atoms with E-state index in [0.717, 1.165) is 36.6 Å². The van der Waals surface area contributed by atoms with E-state index in [9.17, 15) is 23.1 Å². The number of carbonyl (C=O) groups excluding carboxylic acids is 1. The van der Waals surface area contributed by atoms with Crippen molar-refractivity contribution >= 4 is 16.9 Å². The topological polar surface area (TPSA) is 85.7 Å². The molecule has 1 fully saturated rings. The Hall–Kier alpha value is -3.00. The average Bonchev–Trinajstić information content (AvgIpc) is 3.17. The van der Waals surface area contributed by atoms with E-state index in [1.54, 1.807) is 30.3 Å². The zero-order chi connectivity index (χ0) is 22.9. The number of fused-ring (bicyclic) bond motifs is 1. The van der Waals surface area contributed by atoms with Crippen molar-refractivity contribution in [3.8, 4) is 16.9 Å². The van der Waals surface area contributed by atoms with Crippen LogP contribution in [0.15, 0.2) is 46.9 Å². The third-order valence-corrected chi connectivity index (χ3v) is 6.06. The number of benzene rings is 2. The maximum atomic E-state index is 12.7. The molecule has 3 N–H and O–H groups in total. The van der Waals surface area contributed by atoms with E-state index in [4.69, 9.17) is 14.9 Å². The SMILES string of the molecule is NC(=O)c1oc2c(-c3ccccc3OCC(F)(F)F)cccc2c1C1CCC(CO)CC1. The van der Waals surface area contributed by atoms with Gasteiger partial charge >= 0.3 is 6.18 Å². The van der Waals surface area contributed by atoms with Crippen LogP contribution < -0.4 is 10.5 Å². The van der Waals surface area contributed by atoms with Crippen LogP contribution in [0.2, 0.25) is 0 Å². The van der Waals surface area contributed by atoms with E-state index >= 15 is 0 Å². The van der Waals surface area contributed by atoms with Gasteiger partial charge in [0.25, 0.3) is 5.91 Å². The van der Waals surface area contributed by atoms with E-state index in [1.807, 2.05) is 6.07 Å². The lowest BCUT2D eigenvalue weighted by atomic mass is 9.78. The average molecular weight is 447 g/mol. The molecular weight excluding hydrogens is 423 g/mol. The van der Waals surface area contributed by atoms with Crippen LogP contribution in [-0.2, 0) is 0 Å². The van der Waals surface area contributed by atoms with Gasteiger partial charge in [-0.15, -0.1) is 0 Å². The summed E-state index contributed by atoms with van der Waals surface area (Å²) in [4.78, 5) is 12.2. The van der Waals surface area contributed by atoms with Crippen molar-refractivity contribution < 1.29 is 32.2 Å². The summed E-state index contributed by atoms with van der Waals surface area (Å²) in [5, 5.41) is 10.1. The number of rotatable bonds is 6. The van der Waals surface area contributed by atoms with Crippen molar-refractivity contribution in [1.29, 1.82) is 0 Å². The number of furan rings is 1. The van der Waals surface area contributed by atoms with Crippen LogP contribution in [-0.4, -0.2) is 30.4 Å². The Morgan fingerprint density at radius 1 is 1.06 bits per heavy atom. The standard InChI is InChI=1S/C24H24F3NO4/c25-24(26,27)13-31-19-7-2-1-4-16(19)17-5-3-6-18-20(22(23(28)30)32-21(17)18)15-10-8-14(12-29)9-11-15/h1-7,14-15,29H,8-13H2,(H2,28,30). The fraction of sp³-hybridized carbons (Fsp3) is 0.375. The van der Waals surface area contributed by atoms with Crippen molar-refractivity contribution in [2.75, 3.05) is 13.2 Å². The number of halogens is 3. The molecule has 5 nitrogen and oxygen atoms in total. The predicted octanol–water partition coefficient (Wildman–Crippen LogP) is 5.41. The number of aliphatic hydroxyl groups excluding tert-OH is 1. The van der Waals surface area contributed by atoms with Gasteiger partial charge in [0.15, 0.2) is 12.4 Å². The molecule has 1 aliphatic carbocycles. The van der Waals surface area contributed by atoms with Gasteiger partial charge in [-0.3, -0.25) is 4.79 Å². The minimum Gasteiger partial charge on any atom is -0.483 e. The van der Waals surface area contributed by atoms with Gasteiger partial charge in [0.1, 0.15) is 11.3 Å². The Labute approximate surface area is 183 Å².